The van der Waals surface area contributed by atoms with Gasteiger partial charge in [0.1, 0.15) is 0 Å². The summed E-state index contributed by atoms with van der Waals surface area (Å²) in [6.45, 7) is 4.19. The summed E-state index contributed by atoms with van der Waals surface area (Å²) < 4.78 is 0.862. The highest BCUT2D eigenvalue weighted by molar-refractivity contribution is 9.10. The summed E-state index contributed by atoms with van der Waals surface area (Å²) in [5, 5.41) is 0.466. The molecule has 2 aromatic rings. The molecule has 2 nitrogen and oxygen atoms in total. The molecule has 0 amide bonds. The van der Waals surface area contributed by atoms with Crippen LogP contribution in [0.1, 0.15) is 41.8 Å². The quantitative estimate of drug-likeness (QED) is 0.636. The highest BCUT2D eigenvalue weighted by atomic mass is 79.9. The lowest BCUT2D eigenvalue weighted by Crippen LogP contribution is -2.30. The Morgan fingerprint density at radius 3 is 2.74 bits per heavy atom. The molecule has 0 bridgehead atoms. The van der Waals surface area contributed by atoms with Crippen LogP contribution in [-0.4, -0.2) is 17.0 Å². The zero-order chi connectivity index (χ0) is 16.6. The van der Waals surface area contributed by atoms with Crippen LogP contribution in [0.5, 0.6) is 0 Å². The van der Waals surface area contributed by atoms with E-state index in [1.165, 1.54) is 5.56 Å². The molecule has 0 saturated carbocycles. The summed E-state index contributed by atoms with van der Waals surface area (Å²) in [4.78, 5) is 17.5. The number of Topliss-reactive ketones (excluding diaryl/α,β-unsaturated/α-hetero) is 1. The maximum Gasteiger partial charge on any atom is 0.170 e. The number of carbonyl (C=O) groups excluding carboxylic acids is 1. The highest BCUT2D eigenvalue weighted by Gasteiger charge is 2.27. The van der Waals surface area contributed by atoms with E-state index in [1.807, 2.05) is 24.3 Å². The molecule has 3 rings (SSSR count). The van der Waals surface area contributed by atoms with Crippen LogP contribution in [0.2, 0.25) is 5.02 Å². The van der Waals surface area contributed by atoms with Gasteiger partial charge < -0.3 is 0 Å². The van der Waals surface area contributed by atoms with Gasteiger partial charge in [0.25, 0.3) is 0 Å². The molecule has 0 spiro atoms. The molecule has 4 heteroatoms. The Labute approximate surface area is 149 Å². The fourth-order valence-electron chi connectivity index (χ4n) is 2.98. The van der Waals surface area contributed by atoms with Crippen molar-refractivity contribution in [2.75, 3.05) is 0 Å². The van der Waals surface area contributed by atoms with Crippen molar-refractivity contribution in [2.45, 2.75) is 32.2 Å². The monoisotopic (exact) mass is 389 g/mol. The topological polar surface area (TPSA) is 29.4 Å². The van der Waals surface area contributed by atoms with Gasteiger partial charge >= 0.3 is 0 Å². The van der Waals surface area contributed by atoms with Crippen LogP contribution < -0.4 is 0 Å². The van der Waals surface area contributed by atoms with Gasteiger partial charge in [0.05, 0.1) is 22.7 Å². The normalized spacial score (nSPS) is 15.7. The molecule has 0 atom stereocenters. The first-order chi connectivity index (χ1) is 10.9. The minimum atomic E-state index is -0.187. The van der Waals surface area contributed by atoms with Crippen LogP contribution in [0.3, 0.4) is 0 Å². The van der Waals surface area contributed by atoms with E-state index in [9.17, 15) is 4.79 Å². The van der Waals surface area contributed by atoms with Gasteiger partial charge in [-0.05, 0) is 49.6 Å². The molecule has 0 radical (unpaired) electrons. The Hall–Kier alpha value is -1.45. The lowest BCUT2D eigenvalue weighted by molar-refractivity contribution is 0.100. The fraction of sp³-hybridized carbons (Fsp3) is 0.263. The third kappa shape index (κ3) is 3.56. The smallest absolute Gasteiger partial charge is 0.170 e. The molecular weight excluding hydrogens is 374 g/mol. The Bertz CT molecular complexity index is 811. The Morgan fingerprint density at radius 1 is 1.26 bits per heavy atom. The van der Waals surface area contributed by atoms with Crippen LogP contribution in [0.15, 0.2) is 51.9 Å². The SMILES string of the molecule is CC1(C)Cc2ccccc2C(CC(=O)c2ccc(Br)cc2Cl)=N1. The van der Waals surface area contributed by atoms with Gasteiger partial charge in [0, 0.05) is 10.0 Å². The molecule has 0 saturated heterocycles. The van der Waals surface area contributed by atoms with Crippen molar-refractivity contribution in [3.8, 4) is 0 Å². The summed E-state index contributed by atoms with van der Waals surface area (Å²) in [7, 11) is 0. The van der Waals surface area contributed by atoms with Crippen molar-refractivity contribution >= 4 is 39.0 Å². The van der Waals surface area contributed by atoms with Gasteiger partial charge in [-0.2, -0.15) is 0 Å². The van der Waals surface area contributed by atoms with E-state index >= 15 is 0 Å². The second kappa shape index (κ2) is 6.21. The summed E-state index contributed by atoms with van der Waals surface area (Å²) in [5.74, 6) is -0.00578. The third-order valence-electron chi connectivity index (χ3n) is 3.95. The molecule has 1 aliphatic rings. The molecule has 0 N–H and O–H groups in total. The number of ketones is 1. The van der Waals surface area contributed by atoms with Crippen LogP contribution in [-0.2, 0) is 6.42 Å². The van der Waals surface area contributed by atoms with E-state index in [4.69, 9.17) is 16.6 Å². The number of carbonyl (C=O) groups is 1. The number of nitrogens with zero attached hydrogens (tertiary/aromatic N) is 1. The molecule has 0 aliphatic carbocycles. The van der Waals surface area contributed by atoms with Gasteiger partial charge in [0.2, 0.25) is 0 Å². The van der Waals surface area contributed by atoms with Gasteiger partial charge in [-0.1, -0.05) is 51.8 Å². The Balaban J connectivity index is 1.95. The largest absolute Gasteiger partial charge is 0.294 e. The minimum Gasteiger partial charge on any atom is -0.294 e. The van der Waals surface area contributed by atoms with E-state index in [-0.39, 0.29) is 17.7 Å². The first-order valence-corrected chi connectivity index (χ1v) is 8.68. The average molecular weight is 391 g/mol. The number of hydrogen-bond donors (Lipinski definition) is 0. The standard InChI is InChI=1S/C19H17BrClNO/c1-19(2)11-12-5-3-4-6-14(12)17(22-19)10-18(23)15-8-7-13(20)9-16(15)21/h3-9H,10-11H2,1-2H3. The van der Waals surface area contributed by atoms with E-state index in [2.05, 4.69) is 35.8 Å². The average Bonchev–Trinajstić information content (AvgIpc) is 2.45. The Kier molecular flexibility index (Phi) is 4.43. The van der Waals surface area contributed by atoms with Gasteiger partial charge in [-0.3, -0.25) is 9.79 Å². The number of aliphatic imine (C=N–C) groups is 1. The number of fused-ring (bicyclic) bond motifs is 1. The molecule has 0 fully saturated rings. The van der Waals surface area contributed by atoms with Crippen LogP contribution in [0.4, 0.5) is 0 Å². The first kappa shape index (κ1) is 16.4. The lowest BCUT2D eigenvalue weighted by Gasteiger charge is -2.29. The third-order valence-corrected chi connectivity index (χ3v) is 4.75. The number of hydrogen-bond acceptors (Lipinski definition) is 2. The summed E-state index contributed by atoms with van der Waals surface area (Å²) in [5.41, 5.74) is 3.53. The maximum absolute atomic E-state index is 12.7. The van der Waals surface area contributed by atoms with Gasteiger partial charge in [0.15, 0.2) is 5.78 Å². The number of rotatable bonds is 3. The van der Waals surface area contributed by atoms with Crippen molar-refractivity contribution in [1.82, 2.24) is 0 Å². The molecule has 0 unspecified atom stereocenters. The second-order valence-electron chi connectivity index (χ2n) is 6.43. The van der Waals surface area contributed by atoms with Crippen molar-refractivity contribution in [3.05, 3.63) is 68.7 Å². The van der Waals surface area contributed by atoms with Crippen molar-refractivity contribution in [3.63, 3.8) is 0 Å². The van der Waals surface area contributed by atoms with Crippen LogP contribution >= 0.6 is 27.5 Å². The molecule has 118 valence electrons. The second-order valence-corrected chi connectivity index (χ2v) is 7.75. The molecule has 23 heavy (non-hydrogen) atoms. The molecule has 0 aromatic heterocycles. The zero-order valence-corrected chi connectivity index (χ0v) is 15.4. The summed E-state index contributed by atoms with van der Waals surface area (Å²) >= 11 is 9.57. The predicted octanol–water partition coefficient (Wildman–Crippen LogP) is 5.50. The molecule has 2 aromatic carbocycles. The number of benzene rings is 2. The first-order valence-electron chi connectivity index (χ1n) is 7.51. The van der Waals surface area contributed by atoms with E-state index in [0.717, 1.165) is 22.2 Å². The predicted molar refractivity (Wildman–Crippen MR) is 98.9 cm³/mol. The highest BCUT2D eigenvalue weighted by Crippen LogP contribution is 2.29. The van der Waals surface area contributed by atoms with Crippen LogP contribution in [0, 0.1) is 0 Å². The molecule has 1 heterocycles. The minimum absolute atomic E-state index is 0.00578. The zero-order valence-electron chi connectivity index (χ0n) is 13.1. The Morgan fingerprint density at radius 2 is 2.00 bits per heavy atom. The van der Waals surface area contributed by atoms with E-state index in [1.54, 1.807) is 12.1 Å². The van der Waals surface area contributed by atoms with Gasteiger partial charge in [-0.15, -0.1) is 0 Å². The molecular formula is C19H17BrClNO. The van der Waals surface area contributed by atoms with Gasteiger partial charge in [-0.25, -0.2) is 0 Å². The van der Waals surface area contributed by atoms with E-state index in [0.29, 0.717) is 10.6 Å². The van der Waals surface area contributed by atoms with E-state index < -0.39 is 0 Å². The maximum atomic E-state index is 12.7. The summed E-state index contributed by atoms with van der Waals surface area (Å²) in [6.07, 6.45) is 1.15. The van der Waals surface area contributed by atoms with Crippen LogP contribution in [0.25, 0.3) is 0 Å². The fourth-order valence-corrected chi connectivity index (χ4v) is 3.76. The van der Waals surface area contributed by atoms with Crippen molar-refractivity contribution in [1.29, 1.82) is 0 Å². The summed E-state index contributed by atoms with van der Waals surface area (Å²) in [6, 6.07) is 13.5. The number of halogens is 2. The molecule has 1 aliphatic heterocycles. The van der Waals surface area contributed by atoms with Crippen molar-refractivity contribution in [2.24, 2.45) is 4.99 Å². The lowest BCUT2D eigenvalue weighted by atomic mass is 9.85. The van der Waals surface area contributed by atoms with Crippen molar-refractivity contribution < 1.29 is 4.79 Å².